The molecule has 0 saturated carbocycles. The molecule has 0 atom stereocenters. The zero-order valence-corrected chi connectivity index (χ0v) is 19.3. The number of esters is 1. The highest BCUT2D eigenvalue weighted by Crippen LogP contribution is 2.26. The minimum atomic E-state index is -3.47. The normalized spacial score (nSPS) is 14.4. The van der Waals surface area contributed by atoms with Crippen LogP contribution in [-0.2, 0) is 14.6 Å². The summed E-state index contributed by atoms with van der Waals surface area (Å²) in [5, 5.41) is 0. The molecule has 0 aliphatic carbocycles. The molecule has 1 amide bonds. The largest absolute Gasteiger partial charge is 0.490 e. The molecule has 32 heavy (non-hydrogen) atoms. The first kappa shape index (κ1) is 23.5. The van der Waals surface area contributed by atoms with Gasteiger partial charge in [-0.1, -0.05) is 0 Å². The maximum absolute atomic E-state index is 13.2. The molecule has 0 N–H and O–H groups in total. The van der Waals surface area contributed by atoms with Crippen LogP contribution in [0.4, 0.5) is 5.82 Å². The molecule has 3 rings (SSSR count). The lowest BCUT2D eigenvalue weighted by molar-refractivity contribution is 0.0593. The number of carbonyl (C=O) groups excluding carboxylic acids is 2. The first-order chi connectivity index (χ1) is 15.1. The van der Waals surface area contributed by atoms with Crippen LogP contribution in [0, 0.1) is 0 Å². The third-order valence-corrected chi connectivity index (χ3v) is 6.01. The molecule has 0 radical (unpaired) electrons. The van der Waals surface area contributed by atoms with E-state index < -0.39 is 15.8 Å². The quantitative estimate of drug-likeness (QED) is 0.587. The summed E-state index contributed by atoms with van der Waals surface area (Å²) in [4.78, 5) is 36.7. The van der Waals surface area contributed by atoms with Crippen LogP contribution in [-0.4, -0.2) is 80.8 Å². The number of rotatable bonds is 6. The van der Waals surface area contributed by atoms with Crippen molar-refractivity contribution in [2.45, 2.75) is 24.8 Å². The van der Waals surface area contributed by atoms with E-state index >= 15 is 0 Å². The van der Waals surface area contributed by atoms with E-state index in [4.69, 9.17) is 4.74 Å². The SMILES string of the molecule is COC(=O)c1cnc(N2CCN(C(=O)c3cc(S(C)(=O)=O)ccc3OC(C)C)CC2)cn1. The first-order valence-corrected chi connectivity index (χ1v) is 11.9. The lowest BCUT2D eigenvalue weighted by Crippen LogP contribution is -2.49. The smallest absolute Gasteiger partial charge is 0.358 e. The number of methoxy groups -OCH3 is 1. The van der Waals surface area contributed by atoms with Crippen molar-refractivity contribution < 1.29 is 27.5 Å². The number of anilines is 1. The molecule has 1 aromatic carbocycles. The molecule has 172 valence electrons. The van der Waals surface area contributed by atoms with Crippen molar-refractivity contribution in [3.8, 4) is 5.75 Å². The minimum absolute atomic E-state index is 0.0663. The molecular weight excluding hydrogens is 436 g/mol. The Labute approximate surface area is 187 Å². The van der Waals surface area contributed by atoms with Gasteiger partial charge in [-0.3, -0.25) is 4.79 Å². The van der Waals surface area contributed by atoms with E-state index in [9.17, 15) is 18.0 Å². The molecule has 10 nitrogen and oxygen atoms in total. The predicted octanol–water partition coefficient (Wildman–Crippen LogP) is 1.42. The Morgan fingerprint density at radius 2 is 1.75 bits per heavy atom. The van der Waals surface area contributed by atoms with Gasteiger partial charge >= 0.3 is 5.97 Å². The van der Waals surface area contributed by atoms with Crippen LogP contribution in [0.3, 0.4) is 0 Å². The number of hydrogen-bond donors (Lipinski definition) is 0. The van der Waals surface area contributed by atoms with Gasteiger partial charge in [-0.2, -0.15) is 0 Å². The van der Waals surface area contributed by atoms with Crippen LogP contribution in [0.25, 0.3) is 0 Å². The summed E-state index contributed by atoms with van der Waals surface area (Å²) in [5.74, 6) is 0.0879. The monoisotopic (exact) mass is 462 g/mol. The summed E-state index contributed by atoms with van der Waals surface area (Å²) >= 11 is 0. The van der Waals surface area contributed by atoms with Gasteiger partial charge in [0.15, 0.2) is 15.5 Å². The molecular formula is C21H26N4O6S. The third-order valence-electron chi connectivity index (χ3n) is 4.90. The first-order valence-electron chi connectivity index (χ1n) is 10.1. The van der Waals surface area contributed by atoms with Crippen molar-refractivity contribution in [1.29, 1.82) is 0 Å². The number of aromatic nitrogens is 2. The predicted molar refractivity (Wildman–Crippen MR) is 117 cm³/mol. The van der Waals surface area contributed by atoms with Gasteiger partial charge < -0.3 is 19.3 Å². The highest BCUT2D eigenvalue weighted by molar-refractivity contribution is 7.90. The third kappa shape index (κ3) is 5.34. The highest BCUT2D eigenvalue weighted by atomic mass is 32.2. The molecule has 0 spiro atoms. The lowest BCUT2D eigenvalue weighted by Gasteiger charge is -2.35. The number of carbonyl (C=O) groups is 2. The number of benzene rings is 1. The average Bonchev–Trinajstić information content (AvgIpc) is 2.77. The average molecular weight is 463 g/mol. The van der Waals surface area contributed by atoms with Crippen molar-refractivity contribution in [1.82, 2.24) is 14.9 Å². The van der Waals surface area contributed by atoms with Gasteiger partial charge in [0.2, 0.25) is 0 Å². The van der Waals surface area contributed by atoms with E-state index in [0.29, 0.717) is 37.7 Å². The zero-order valence-electron chi connectivity index (χ0n) is 18.4. The Balaban J connectivity index is 1.75. The van der Waals surface area contributed by atoms with Crippen LogP contribution in [0.5, 0.6) is 5.75 Å². The minimum Gasteiger partial charge on any atom is -0.490 e. The lowest BCUT2D eigenvalue weighted by atomic mass is 10.1. The van der Waals surface area contributed by atoms with Crippen molar-refractivity contribution in [2.24, 2.45) is 0 Å². The molecule has 0 bridgehead atoms. The summed E-state index contributed by atoms with van der Waals surface area (Å²) in [6, 6.07) is 4.34. The van der Waals surface area contributed by atoms with Gasteiger partial charge in [0.25, 0.3) is 5.91 Å². The van der Waals surface area contributed by atoms with Crippen molar-refractivity contribution in [3.05, 3.63) is 41.9 Å². The van der Waals surface area contributed by atoms with Gasteiger partial charge in [-0.05, 0) is 32.0 Å². The van der Waals surface area contributed by atoms with E-state index in [-0.39, 0.29) is 28.2 Å². The second-order valence-corrected chi connectivity index (χ2v) is 9.64. The van der Waals surface area contributed by atoms with Crippen molar-refractivity contribution in [2.75, 3.05) is 44.4 Å². The van der Waals surface area contributed by atoms with Gasteiger partial charge in [0.05, 0.1) is 36.1 Å². The summed E-state index contributed by atoms with van der Waals surface area (Å²) < 4.78 is 34.3. The molecule has 1 saturated heterocycles. The maximum atomic E-state index is 13.2. The Morgan fingerprint density at radius 3 is 2.28 bits per heavy atom. The van der Waals surface area contributed by atoms with Gasteiger partial charge in [0, 0.05) is 32.4 Å². The molecule has 2 heterocycles. The summed E-state index contributed by atoms with van der Waals surface area (Å²) in [5.41, 5.74) is 0.339. The van der Waals surface area contributed by atoms with Gasteiger partial charge in [-0.25, -0.2) is 23.2 Å². The molecule has 11 heteroatoms. The second kappa shape index (κ2) is 9.51. The topological polar surface area (TPSA) is 119 Å². The van der Waals surface area contributed by atoms with Gasteiger partial charge in [-0.15, -0.1) is 0 Å². The second-order valence-electron chi connectivity index (χ2n) is 7.63. The molecule has 1 aromatic heterocycles. The summed E-state index contributed by atoms with van der Waals surface area (Å²) in [6.07, 6.45) is 3.78. The van der Waals surface area contributed by atoms with Crippen LogP contribution in [0.15, 0.2) is 35.5 Å². The molecule has 0 unspecified atom stereocenters. The van der Waals surface area contributed by atoms with E-state index in [0.717, 1.165) is 6.26 Å². The summed E-state index contributed by atoms with van der Waals surface area (Å²) in [6.45, 7) is 5.50. The Kier molecular flexibility index (Phi) is 6.97. The summed E-state index contributed by atoms with van der Waals surface area (Å²) in [7, 11) is -2.20. The fourth-order valence-corrected chi connectivity index (χ4v) is 3.91. The maximum Gasteiger partial charge on any atom is 0.358 e. The fraction of sp³-hybridized carbons (Fsp3) is 0.429. The number of ether oxygens (including phenoxy) is 2. The fourth-order valence-electron chi connectivity index (χ4n) is 3.27. The number of nitrogens with zero attached hydrogens (tertiary/aromatic N) is 4. The van der Waals surface area contributed by atoms with Gasteiger partial charge in [0.1, 0.15) is 11.6 Å². The van der Waals surface area contributed by atoms with Crippen molar-refractivity contribution >= 4 is 27.5 Å². The molecule has 2 aromatic rings. The van der Waals surface area contributed by atoms with Crippen LogP contribution >= 0.6 is 0 Å². The van der Waals surface area contributed by atoms with E-state index in [1.54, 1.807) is 4.90 Å². The number of sulfone groups is 1. The van der Waals surface area contributed by atoms with Crippen molar-refractivity contribution in [3.63, 3.8) is 0 Å². The highest BCUT2D eigenvalue weighted by Gasteiger charge is 2.27. The van der Waals surface area contributed by atoms with E-state index in [1.165, 1.54) is 37.7 Å². The molecule has 1 aliphatic heterocycles. The van der Waals surface area contributed by atoms with E-state index in [1.807, 2.05) is 18.7 Å². The standard InChI is InChI=1S/C21H26N4O6S/c1-14(2)31-18-6-5-15(32(4,28)29)11-16(18)20(26)25-9-7-24(8-10-25)19-13-22-17(12-23-19)21(27)30-3/h5-6,11-14H,7-10H2,1-4H3. The zero-order chi connectivity index (χ0) is 23.5. The molecule has 1 aliphatic rings. The number of piperazine rings is 1. The molecule has 1 fully saturated rings. The Bertz CT molecular complexity index is 1090. The van der Waals surface area contributed by atoms with Crippen LogP contribution in [0.2, 0.25) is 0 Å². The van der Waals surface area contributed by atoms with Crippen LogP contribution < -0.4 is 9.64 Å². The van der Waals surface area contributed by atoms with Crippen LogP contribution in [0.1, 0.15) is 34.7 Å². The number of amides is 1. The van der Waals surface area contributed by atoms with E-state index in [2.05, 4.69) is 14.7 Å². The Hall–Kier alpha value is -3.21. The number of hydrogen-bond acceptors (Lipinski definition) is 9. The Morgan fingerprint density at radius 1 is 1.06 bits per heavy atom.